The molecule has 0 saturated carbocycles. The number of nitrogens with zero attached hydrogens (tertiary/aromatic N) is 2. The van der Waals surface area contributed by atoms with Gasteiger partial charge in [-0.25, -0.2) is 0 Å². The van der Waals surface area contributed by atoms with Gasteiger partial charge in [0.1, 0.15) is 5.01 Å². The molecule has 0 aliphatic heterocycles. The molecular formula is C14H15BrClN3OS. The van der Waals surface area contributed by atoms with Crippen molar-refractivity contribution in [2.24, 2.45) is 0 Å². The van der Waals surface area contributed by atoms with Crippen molar-refractivity contribution in [3.05, 3.63) is 38.3 Å². The Morgan fingerprint density at radius 3 is 2.71 bits per heavy atom. The summed E-state index contributed by atoms with van der Waals surface area (Å²) in [5.74, 6) is 0.115. The number of carbonyl (C=O) groups excluding carboxylic acids is 1. The molecule has 112 valence electrons. The highest BCUT2D eigenvalue weighted by molar-refractivity contribution is 9.10. The van der Waals surface area contributed by atoms with Crippen molar-refractivity contribution in [3.63, 3.8) is 0 Å². The van der Waals surface area contributed by atoms with Crippen molar-refractivity contribution in [1.82, 2.24) is 10.2 Å². The van der Waals surface area contributed by atoms with E-state index in [4.69, 9.17) is 11.6 Å². The van der Waals surface area contributed by atoms with E-state index in [0.29, 0.717) is 21.6 Å². The van der Waals surface area contributed by atoms with Crippen LogP contribution in [0.4, 0.5) is 5.13 Å². The second-order valence-electron chi connectivity index (χ2n) is 4.54. The molecule has 0 aliphatic rings. The molecule has 0 spiro atoms. The molecule has 2 aromatic rings. The van der Waals surface area contributed by atoms with Crippen LogP contribution in [0, 0.1) is 0 Å². The molecule has 0 unspecified atom stereocenters. The number of halogens is 2. The summed E-state index contributed by atoms with van der Waals surface area (Å²) in [6, 6.07) is 5.13. The van der Waals surface area contributed by atoms with Crippen molar-refractivity contribution in [2.75, 3.05) is 5.32 Å². The first-order valence-corrected chi connectivity index (χ1v) is 8.63. The van der Waals surface area contributed by atoms with E-state index in [0.717, 1.165) is 22.3 Å². The maximum absolute atomic E-state index is 12.2. The Hall–Kier alpha value is -0.980. The maximum Gasteiger partial charge on any atom is 0.259 e. The number of hydrogen-bond donors (Lipinski definition) is 1. The molecule has 2 rings (SSSR count). The Labute approximate surface area is 141 Å². The average molecular weight is 389 g/mol. The third-order valence-electron chi connectivity index (χ3n) is 3.17. The van der Waals surface area contributed by atoms with Crippen molar-refractivity contribution in [3.8, 4) is 0 Å². The zero-order valence-electron chi connectivity index (χ0n) is 11.7. The van der Waals surface area contributed by atoms with Crippen LogP contribution in [0.5, 0.6) is 0 Å². The Balaban J connectivity index is 2.13. The van der Waals surface area contributed by atoms with E-state index in [2.05, 4.69) is 45.3 Å². The van der Waals surface area contributed by atoms with Crippen molar-refractivity contribution >= 4 is 49.9 Å². The van der Waals surface area contributed by atoms with Crippen LogP contribution in [-0.2, 0) is 0 Å². The lowest BCUT2D eigenvalue weighted by Gasteiger charge is -2.06. The number of anilines is 1. The van der Waals surface area contributed by atoms with Gasteiger partial charge in [0.2, 0.25) is 5.13 Å². The topological polar surface area (TPSA) is 54.9 Å². The Morgan fingerprint density at radius 1 is 1.38 bits per heavy atom. The first-order chi connectivity index (χ1) is 10.0. The second-order valence-corrected chi connectivity index (χ2v) is 6.87. The third kappa shape index (κ3) is 4.02. The number of carbonyl (C=O) groups is 1. The fourth-order valence-corrected chi connectivity index (χ4v) is 3.69. The largest absolute Gasteiger partial charge is 0.296 e. The monoisotopic (exact) mass is 387 g/mol. The van der Waals surface area contributed by atoms with Gasteiger partial charge in [0.25, 0.3) is 5.91 Å². The van der Waals surface area contributed by atoms with Gasteiger partial charge in [-0.2, -0.15) is 0 Å². The van der Waals surface area contributed by atoms with Gasteiger partial charge in [0.15, 0.2) is 0 Å². The molecule has 1 aromatic heterocycles. The summed E-state index contributed by atoms with van der Waals surface area (Å²) in [7, 11) is 0. The van der Waals surface area contributed by atoms with Gasteiger partial charge in [0.05, 0.1) is 10.6 Å². The van der Waals surface area contributed by atoms with Crippen LogP contribution in [-0.4, -0.2) is 16.1 Å². The summed E-state index contributed by atoms with van der Waals surface area (Å²) in [5, 5.41) is 12.8. The van der Waals surface area contributed by atoms with Crippen LogP contribution in [0.25, 0.3) is 0 Å². The number of aromatic nitrogens is 2. The third-order valence-corrected chi connectivity index (χ3v) is 4.98. The van der Waals surface area contributed by atoms with E-state index >= 15 is 0 Å². The zero-order valence-corrected chi connectivity index (χ0v) is 14.8. The summed E-state index contributed by atoms with van der Waals surface area (Å²) in [6.45, 7) is 4.24. The lowest BCUT2D eigenvalue weighted by Crippen LogP contribution is -2.12. The van der Waals surface area contributed by atoms with Crippen molar-refractivity contribution < 1.29 is 4.79 Å². The molecule has 0 bridgehead atoms. The molecule has 0 atom stereocenters. The summed E-state index contributed by atoms with van der Waals surface area (Å²) in [6.07, 6.45) is 2.02. The molecule has 0 fully saturated rings. The minimum Gasteiger partial charge on any atom is -0.296 e. The van der Waals surface area contributed by atoms with Gasteiger partial charge in [-0.15, -0.1) is 10.2 Å². The van der Waals surface area contributed by atoms with Crippen molar-refractivity contribution in [1.29, 1.82) is 0 Å². The number of nitrogens with one attached hydrogen (secondary N) is 1. The fraction of sp³-hybridized carbons (Fsp3) is 0.357. The highest BCUT2D eigenvalue weighted by Gasteiger charge is 2.16. The van der Waals surface area contributed by atoms with Crippen LogP contribution in [0.1, 0.15) is 48.0 Å². The average Bonchev–Trinajstić information content (AvgIpc) is 2.88. The van der Waals surface area contributed by atoms with Gasteiger partial charge in [-0.3, -0.25) is 10.1 Å². The minimum absolute atomic E-state index is 0.278. The Morgan fingerprint density at radius 2 is 2.10 bits per heavy atom. The molecular weight excluding hydrogens is 374 g/mol. The molecule has 1 N–H and O–H groups in total. The van der Waals surface area contributed by atoms with Gasteiger partial charge >= 0.3 is 0 Å². The number of rotatable bonds is 5. The predicted octanol–water partition coefficient (Wildman–Crippen LogP) is 5.11. The SMILES string of the molecule is CCC(CC)c1nnc(NC(=O)c2ccc(Br)cc2Cl)s1. The van der Waals surface area contributed by atoms with Gasteiger partial charge in [-0.05, 0) is 31.0 Å². The van der Waals surface area contributed by atoms with Gasteiger partial charge in [0, 0.05) is 10.4 Å². The number of hydrogen-bond acceptors (Lipinski definition) is 4. The molecule has 1 amide bonds. The predicted molar refractivity (Wildman–Crippen MR) is 90.3 cm³/mol. The standard InChI is InChI=1S/C14H15BrClN3OS/c1-3-8(4-2)13-18-19-14(21-13)17-12(20)10-6-5-9(15)7-11(10)16/h5-8H,3-4H2,1-2H3,(H,17,19,20). The normalized spacial score (nSPS) is 10.9. The van der Waals surface area contributed by atoms with Crippen LogP contribution < -0.4 is 5.32 Å². The first-order valence-electron chi connectivity index (χ1n) is 6.64. The second kappa shape index (κ2) is 7.33. The van der Waals surface area contributed by atoms with Crippen molar-refractivity contribution in [2.45, 2.75) is 32.6 Å². The molecule has 0 radical (unpaired) electrons. The quantitative estimate of drug-likeness (QED) is 0.774. The van der Waals surface area contributed by atoms with Crippen LogP contribution >= 0.6 is 38.9 Å². The lowest BCUT2D eigenvalue weighted by molar-refractivity contribution is 0.102. The van der Waals surface area contributed by atoms with E-state index in [-0.39, 0.29) is 5.91 Å². The number of amides is 1. The van der Waals surface area contributed by atoms with E-state index in [1.54, 1.807) is 18.2 Å². The molecule has 1 aromatic carbocycles. The fourth-order valence-electron chi connectivity index (χ4n) is 1.93. The van der Waals surface area contributed by atoms with Crippen LogP contribution in [0.2, 0.25) is 5.02 Å². The van der Waals surface area contributed by atoms with E-state index < -0.39 is 0 Å². The Kier molecular flexibility index (Phi) is 5.72. The van der Waals surface area contributed by atoms with E-state index in [1.807, 2.05) is 0 Å². The summed E-state index contributed by atoms with van der Waals surface area (Å²) < 4.78 is 0.830. The molecule has 7 heteroatoms. The summed E-state index contributed by atoms with van der Waals surface area (Å²) in [5.41, 5.74) is 0.416. The highest BCUT2D eigenvalue weighted by atomic mass is 79.9. The first kappa shape index (κ1) is 16.4. The molecule has 4 nitrogen and oxygen atoms in total. The lowest BCUT2D eigenvalue weighted by atomic mass is 10.1. The summed E-state index contributed by atoms with van der Waals surface area (Å²) in [4.78, 5) is 12.2. The molecule has 0 saturated heterocycles. The number of benzene rings is 1. The Bertz CT molecular complexity index is 643. The molecule has 21 heavy (non-hydrogen) atoms. The van der Waals surface area contributed by atoms with E-state index in [1.165, 1.54) is 11.3 Å². The minimum atomic E-state index is -0.278. The smallest absolute Gasteiger partial charge is 0.259 e. The summed E-state index contributed by atoms with van der Waals surface area (Å²) >= 11 is 10.8. The van der Waals surface area contributed by atoms with Crippen LogP contribution in [0.3, 0.4) is 0 Å². The molecule has 0 aliphatic carbocycles. The van der Waals surface area contributed by atoms with Crippen LogP contribution in [0.15, 0.2) is 22.7 Å². The highest BCUT2D eigenvalue weighted by Crippen LogP contribution is 2.29. The van der Waals surface area contributed by atoms with E-state index in [9.17, 15) is 4.79 Å². The van der Waals surface area contributed by atoms with Gasteiger partial charge in [-0.1, -0.05) is 52.7 Å². The zero-order chi connectivity index (χ0) is 15.4. The maximum atomic E-state index is 12.2. The van der Waals surface area contributed by atoms with Gasteiger partial charge < -0.3 is 0 Å². The molecule has 1 heterocycles.